The molecule has 0 bridgehead atoms. The number of aromatic nitrogens is 12. The van der Waals surface area contributed by atoms with Gasteiger partial charge in [-0.1, -0.05) is 79.7 Å². The second-order valence-corrected chi connectivity index (χ2v) is 27.3. The number of hydrogen-bond donors (Lipinski definition) is 5. The molecule has 12 rings (SSSR count). The highest BCUT2D eigenvalue weighted by Crippen LogP contribution is 2.47. The summed E-state index contributed by atoms with van der Waals surface area (Å²) >= 11 is 4.88. The normalized spacial score (nSPS) is 23.3. The second kappa shape index (κ2) is 33.1. The van der Waals surface area contributed by atoms with Gasteiger partial charge in [-0.05, 0) is 54.6 Å². The van der Waals surface area contributed by atoms with Gasteiger partial charge in [-0.2, -0.15) is 0 Å². The summed E-state index contributed by atoms with van der Waals surface area (Å²) in [5.74, 6) is -0.328. The molecule has 3 aliphatic rings. The molecule has 524 valence electrons. The first-order valence-corrected chi connectivity index (χ1v) is 35.8. The smallest absolute Gasteiger partial charge is 0.394 e. The van der Waals surface area contributed by atoms with Crippen molar-refractivity contribution in [2.24, 2.45) is 0 Å². The van der Waals surface area contributed by atoms with Crippen molar-refractivity contribution in [1.29, 1.82) is 0 Å². The number of rotatable bonds is 24. The van der Waals surface area contributed by atoms with Crippen molar-refractivity contribution in [3.8, 4) is 0 Å². The van der Waals surface area contributed by atoms with Crippen LogP contribution >= 0.6 is 23.0 Å². The van der Waals surface area contributed by atoms with Gasteiger partial charge in [0.15, 0.2) is 107 Å². The minimum Gasteiger partial charge on any atom is -0.394 e. The van der Waals surface area contributed by atoms with Gasteiger partial charge in [0.05, 0.1) is 38.3 Å². The molecule has 0 spiro atoms. The summed E-state index contributed by atoms with van der Waals surface area (Å²) in [6, 6.07) is 25.9. The van der Waals surface area contributed by atoms with Crippen LogP contribution < -0.4 is 14.7 Å². The Labute approximate surface area is 573 Å². The number of benzene rings is 3. The van der Waals surface area contributed by atoms with Crippen molar-refractivity contribution in [2.75, 3.05) is 54.2 Å². The van der Waals surface area contributed by atoms with Gasteiger partial charge >= 0.3 is 16.5 Å². The maximum absolute atomic E-state index is 15.4. The second-order valence-electron chi connectivity index (χ2n) is 22.1. The van der Waals surface area contributed by atoms with Crippen molar-refractivity contribution < 1.29 is 89.4 Å². The zero-order chi connectivity index (χ0) is 71.5. The van der Waals surface area contributed by atoms with Gasteiger partial charge in [0, 0.05) is 52.1 Å². The van der Waals surface area contributed by atoms with Gasteiger partial charge in [0.2, 0.25) is 0 Å². The molecule has 3 amide bonds. The lowest BCUT2D eigenvalue weighted by atomic mass is 10.1. The molecule has 3 fully saturated rings. The highest BCUT2D eigenvalue weighted by molar-refractivity contribution is 8.09. The third kappa shape index (κ3) is 16.0. The summed E-state index contributed by atoms with van der Waals surface area (Å²) in [6.07, 6.45) is -3.48. The number of nitrogens with zero attached hydrogens (tertiary/aromatic N) is 15. The number of alkyl halides is 3. The number of fused-ring (bicyclic) bond motifs is 3. The SMILES string of the molecule is C=CCN(C(=O)c1ccccc1)c1ncnc2c1ncn2C1O[C@H](CO)[C@@H](OP(C)(O)=S)[C@H]1F.C=CCN(C(=O)c1ccccc1)c1ncnc2c1ncn2[C@@H]1O[C@H](CC)[C@@H](O[P+](=O)O)[C@H]1F.C=CCN(C(=O)c1ccccc1)c1ncnc2c1ncn2[C@@H]1O[C@H](CO)[C@@H](O[P+](=O)O)[C@H]1F. The number of aliphatic hydroxyl groups excluding tert-OH is 2. The van der Waals surface area contributed by atoms with Crippen LogP contribution in [-0.2, 0) is 48.7 Å². The minimum absolute atomic E-state index is 0.129. The molecular formula is C62H65F3N15O16P3S+2. The molecule has 3 aromatic carbocycles. The first kappa shape index (κ1) is 73.8. The molecule has 5 N–H and O–H groups in total. The van der Waals surface area contributed by atoms with Crippen molar-refractivity contribution in [2.45, 2.75) is 87.2 Å². The average molecular weight is 1460 g/mol. The van der Waals surface area contributed by atoms with E-state index in [1.165, 1.54) is 79.1 Å². The lowest BCUT2D eigenvalue weighted by Crippen LogP contribution is -2.33. The Morgan fingerprint density at radius 3 is 1.13 bits per heavy atom. The number of aliphatic hydroxyl groups is 2. The van der Waals surface area contributed by atoms with E-state index in [-0.39, 0.29) is 88.3 Å². The van der Waals surface area contributed by atoms with Gasteiger partial charge in [0.25, 0.3) is 17.7 Å². The number of hydrogen-bond acceptors (Lipinski definition) is 23. The molecule has 6 aromatic heterocycles. The zero-order valence-electron chi connectivity index (χ0n) is 53.0. The maximum Gasteiger partial charge on any atom is 0.695 e. The molecule has 0 saturated carbocycles. The van der Waals surface area contributed by atoms with E-state index in [0.29, 0.717) is 23.1 Å². The van der Waals surface area contributed by atoms with E-state index in [0.717, 1.165) is 0 Å². The van der Waals surface area contributed by atoms with Gasteiger partial charge < -0.3 is 33.8 Å². The molecule has 3 saturated heterocycles. The standard InChI is InChI=1S/C21H23FN5O5PS.C21H21FN5O5P.C20H19FN5O6P/c1-3-9-26(20(29)13-7-5-4-6-8-13)18-16-19(24-11-23-18)27(12-25-16)21-15(22)17(14(10-28)31-21)32-33(2,30)34;1-3-10-26(20(28)13-8-6-5-7-9-13)18-16-19(24-11-23-18)27(12-25-16)21-15(22)17(32-33(29)30)14(4-2)31-21;1-2-8-25(19(28)12-6-4-3-5-7-12)17-15-18(23-10-22-17)26(11-24-15)20-14(21)16(32-33(29)30)13(9-27)31-20/h3-8,11-12,14-15,17,21,28H,1,9-10H2,2H3,(H,30,34);3,5-9,11-12,14-15,17,21H,1,4,10H2,2H3;2-7,10-11,13-14,16,20,27H,1,8-9H2/p+2/t14-,15-,17-,21?,33?;14-,15-,17-,21-;13-,14-,16-,20-/m111/s1. The van der Waals surface area contributed by atoms with Crippen molar-refractivity contribution in [3.63, 3.8) is 0 Å². The van der Waals surface area contributed by atoms with Gasteiger partial charge in [-0.15, -0.1) is 38.6 Å². The van der Waals surface area contributed by atoms with E-state index in [2.05, 4.69) is 64.6 Å². The predicted octanol–water partition coefficient (Wildman–Crippen LogP) is 7.47. The zero-order valence-corrected chi connectivity index (χ0v) is 56.5. The number of halogens is 3. The number of carbonyl (C=O) groups is 3. The van der Waals surface area contributed by atoms with Crippen LogP contribution in [0.4, 0.5) is 30.6 Å². The summed E-state index contributed by atoms with van der Waals surface area (Å²) < 4.78 is 104. The summed E-state index contributed by atoms with van der Waals surface area (Å²) in [7, 11) is -6.12. The summed E-state index contributed by atoms with van der Waals surface area (Å²) in [4.78, 5) is 110. The van der Waals surface area contributed by atoms with E-state index in [9.17, 15) is 38.6 Å². The van der Waals surface area contributed by atoms with Crippen molar-refractivity contribution in [3.05, 3.63) is 184 Å². The number of imidazole rings is 3. The largest absolute Gasteiger partial charge is 0.695 e. The van der Waals surface area contributed by atoms with Crippen LogP contribution in [-0.4, -0.2) is 196 Å². The van der Waals surface area contributed by atoms with Crippen LogP contribution in [0.5, 0.6) is 0 Å². The quantitative estimate of drug-likeness (QED) is 0.0289. The monoisotopic (exact) mass is 1460 g/mol. The molecule has 3 aliphatic heterocycles. The Morgan fingerprint density at radius 2 is 0.840 bits per heavy atom. The molecule has 31 nitrogen and oxygen atoms in total. The third-order valence-electron chi connectivity index (χ3n) is 15.6. The summed E-state index contributed by atoms with van der Waals surface area (Å²) in [5.41, 5.74) is 2.67. The molecule has 9 heterocycles. The molecule has 0 radical (unpaired) electrons. The highest BCUT2D eigenvalue weighted by Gasteiger charge is 2.53. The number of amides is 3. The Balaban J connectivity index is 0.000000162. The lowest BCUT2D eigenvalue weighted by Gasteiger charge is -2.21. The fourth-order valence-electron chi connectivity index (χ4n) is 11.3. The molecule has 4 unspecified atom stereocenters. The first-order valence-electron chi connectivity index (χ1n) is 30.4. The highest BCUT2D eigenvalue weighted by atomic mass is 32.5. The fourth-order valence-corrected chi connectivity index (χ4v) is 13.2. The van der Waals surface area contributed by atoms with Crippen LogP contribution in [0.3, 0.4) is 0 Å². The van der Waals surface area contributed by atoms with Crippen LogP contribution in [0.25, 0.3) is 33.5 Å². The molecular weight excluding hydrogens is 1390 g/mol. The maximum atomic E-state index is 15.4. The molecule has 100 heavy (non-hydrogen) atoms. The van der Waals surface area contributed by atoms with E-state index in [1.54, 1.807) is 104 Å². The number of ether oxygens (including phenoxy) is 3. The Bertz CT molecular complexity index is 4300. The van der Waals surface area contributed by atoms with Crippen LogP contribution in [0.1, 0.15) is 63.1 Å². The van der Waals surface area contributed by atoms with Gasteiger partial charge in [-0.25, -0.2) is 58.0 Å². The predicted molar refractivity (Wildman–Crippen MR) is 358 cm³/mol. The van der Waals surface area contributed by atoms with Crippen molar-refractivity contribution >= 4 is 103 Å². The molecule has 0 aliphatic carbocycles. The van der Waals surface area contributed by atoms with Crippen molar-refractivity contribution in [1.82, 2.24) is 58.6 Å². The Morgan fingerprint density at radius 1 is 0.540 bits per heavy atom. The molecule has 15 atom stereocenters. The van der Waals surface area contributed by atoms with Crippen LogP contribution in [0.2, 0.25) is 0 Å². The fraction of sp³-hybridized carbons (Fsp3) is 0.323. The molecule has 9 aromatic rings. The third-order valence-corrected chi connectivity index (χ3v) is 17.4. The van der Waals surface area contributed by atoms with Crippen LogP contribution in [0, 0.1) is 0 Å². The number of carbonyl (C=O) groups excluding carboxylic acids is 3. The van der Waals surface area contributed by atoms with E-state index in [1.807, 2.05) is 6.07 Å². The van der Waals surface area contributed by atoms with E-state index in [4.69, 9.17) is 49.4 Å². The average Bonchev–Trinajstić information content (AvgIpc) is 1.62. The Hall–Kier alpha value is -8.86. The van der Waals surface area contributed by atoms with E-state index < -0.39 is 110 Å². The Kier molecular flexibility index (Phi) is 24.4. The van der Waals surface area contributed by atoms with Gasteiger partial charge in [0.1, 0.15) is 37.3 Å². The number of anilines is 3. The lowest BCUT2D eigenvalue weighted by molar-refractivity contribution is -0.0436. The van der Waals surface area contributed by atoms with E-state index >= 15 is 13.2 Å². The molecule has 38 heteroatoms. The summed E-state index contributed by atoms with van der Waals surface area (Å²) in [6.45, 7) is 10.2. The van der Waals surface area contributed by atoms with Gasteiger partial charge in [-0.3, -0.25) is 42.8 Å². The minimum atomic E-state index is -3.23. The van der Waals surface area contributed by atoms with Crippen LogP contribution in [0.15, 0.2) is 167 Å². The topological polar surface area (TPSA) is 382 Å². The first-order chi connectivity index (χ1) is 48.2. The summed E-state index contributed by atoms with van der Waals surface area (Å²) in [5, 5.41) is 19.1.